The Labute approximate surface area is 84.5 Å². The number of ether oxygens (including phenoxy) is 1. The van der Waals surface area contributed by atoms with Crippen molar-refractivity contribution in [1.29, 1.82) is 0 Å². The molecule has 0 aliphatic rings. The van der Waals surface area contributed by atoms with Gasteiger partial charge >= 0.3 is 0 Å². The minimum Gasteiger partial charge on any atom is -0.496 e. The van der Waals surface area contributed by atoms with Gasteiger partial charge in [-0.05, 0) is 25.5 Å². The van der Waals surface area contributed by atoms with E-state index in [1.165, 1.54) is 0 Å². The zero-order chi connectivity index (χ0) is 10.8. The highest BCUT2D eigenvalue weighted by Crippen LogP contribution is 2.29. The number of rotatable bonds is 3. The topological polar surface area (TPSA) is 55.5 Å². The van der Waals surface area contributed by atoms with Crippen molar-refractivity contribution < 1.29 is 9.84 Å². The van der Waals surface area contributed by atoms with Crippen LogP contribution in [-0.2, 0) is 5.72 Å². The first-order valence-corrected chi connectivity index (χ1v) is 4.67. The van der Waals surface area contributed by atoms with Crippen molar-refractivity contribution in [2.24, 2.45) is 5.73 Å². The first-order chi connectivity index (χ1) is 6.51. The van der Waals surface area contributed by atoms with Crippen LogP contribution in [0.2, 0.25) is 0 Å². The summed E-state index contributed by atoms with van der Waals surface area (Å²) in [5.74, 6) is 0.627. The monoisotopic (exact) mass is 195 g/mol. The molecule has 0 saturated heterocycles. The van der Waals surface area contributed by atoms with E-state index in [0.29, 0.717) is 17.7 Å². The van der Waals surface area contributed by atoms with E-state index >= 15 is 0 Å². The summed E-state index contributed by atoms with van der Waals surface area (Å²) >= 11 is 0. The molecule has 0 fully saturated rings. The molecule has 1 aromatic carbocycles. The molecule has 3 nitrogen and oxygen atoms in total. The summed E-state index contributed by atoms with van der Waals surface area (Å²) in [6, 6.07) is 5.59. The summed E-state index contributed by atoms with van der Waals surface area (Å²) < 4.78 is 5.15. The molecule has 1 unspecified atom stereocenters. The Bertz CT molecular complexity index is 321. The van der Waals surface area contributed by atoms with Crippen LogP contribution in [0, 0.1) is 6.92 Å². The van der Waals surface area contributed by atoms with Gasteiger partial charge in [0, 0.05) is 5.56 Å². The van der Waals surface area contributed by atoms with E-state index in [1.54, 1.807) is 7.11 Å². The molecule has 0 spiro atoms. The van der Waals surface area contributed by atoms with Crippen molar-refractivity contribution in [3.8, 4) is 5.75 Å². The third-order valence-electron chi connectivity index (χ3n) is 2.36. The molecule has 14 heavy (non-hydrogen) atoms. The zero-order valence-electron chi connectivity index (χ0n) is 8.87. The average Bonchev–Trinajstić information content (AvgIpc) is 2.18. The van der Waals surface area contributed by atoms with Gasteiger partial charge in [-0.25, -0.2) is 0 Å². The third kappa shape index (κ3) is 2.05. The second-order valence-corrected chi connectivity index (χ2v) is 3.48. The minimum absolute atomic E-state index is 0.451. The van der Waals surface area contributed by atoms with Crippen molar-refractivity contribution >= 4 is 0 Å². The molecule has 1 rings (SSSR count). The Morgan fingerprint density at radius 2 is 2.14 bits per heavy atom. The normalized spacial score (nSPS) is 14.9. The van der Waals surface area contributed by atoms with Crippen LogP contribution in [0.15, 0.2) is 18.2 Å². The largest absolute Gasteiger partial charge is 0.496 e. The second-order valence-electron chi connectivity index (χ2n) is 3.48. The van der Waals surface area contributed by atoms with E-state index in [0.717, 1.165) is 5.56 Å². The van der Waals surface area contributed by atoms with Gasteiger partial charge < -0.3 is 9.84 Å². The van der Waals surface area contributed by atoms with E-state index in [1.807, 2.05) is 32.0 Å². The smallest absolute Gasteiger partial charge is 0.142 e. The lowest BCUT2D eigenvalue weighted by Gasteiger charge is -2.24. The maximum Gasteiger partial charge on any atom is 0.142 e. The molecule has 0 aliphatic carbocycles. The molecule has 3 N–H and O–H groups in total. The summed E-state index contributed by atoms with van der Waals surface area (Å²) in [4.78, 5) is 0. The highest BCUT2D eigenvalue weighted by molar-refractivity contribution is 5.40. The summed E-state index contributed by atoms with van der Waals surface area (Å²) in [5, 5.41) is 9.93. The number of hydrogen-bond acceptors (Lipinski definition) is 3. The standard InChI is InChI=1S/C11H17NO2/c1-4-11(12,13)9-7-8(2)5-6-10(9)14-3/h5-7,13H,4,12H2,1-3H3. The van der Waals surface area contributed by atoms with Crippen LogP contribution >= 0.6 is 0 Å². The van der Waals surface area contributed by atoms with Gasteiger partial charge in [0.1, 0.15) is 11.5 Å². The molecule has 78 valence electrons. The number of nitrogens with two attached hydrogens (primary N) is 1. The minimum atomic E-state index is -1.31. The van der Waals surface area contributed by atoms with Gasteiger partial charge in [-0.15, -0.1) is 0 Å². The average molecular weight is 195 g/mol. The predicted octanol–water partition coefficient (Wildman–Crippen LogP) is 1.52. The fourth-order valence-electron chi connectivity index (χ4n) is 1.35. The van der Waals surface area contributed by atoms with Crippen molar-refractivity contribution in [3.05, 3.63) is 29.3 Å². The van der Waals surface area contributed by atoms with E-state index in [4.69, 9.17) is 10.5 Å². The zero-order valence-corrected chi connectivity index (χ0v) is 8.87. The van der Waals surface area contributed by atoms with Crippen molar-refractivity contribution in [3.63, 3.8) is 0 Å². The number of aryl methyl sites for hydroxylation is 1. The highest BCUT2D eigenvalue weighted by Gasteiger charge is 2.25. The number of aliphatic hydroxyl groups is 1. The van der Waals surface area contributed by atoms with Crippen molar-refractivity contribution in [1.82, 2.24) is 0 Å². The molecule has 0 aromatic heterocycles. The molecule has 0 amide bonds. The molecule has 0 bridgehead atoms. The molecule has 0 heterocycles. The van der Waals surface area contributed by atoms with Gasteiger partial charge in [-0.1, -0.05) is 18.6 Å². The Morgan fingerprint density at radius 1 is 1.50 bits per heavy atom. The maximum atomic E-state index is 9.93. The van der Waals surface area contributed by atoms with Crippen LogP contribution in [0.4, 0.5) is 0 Å². The first kappa shape index (κ1) is 11.0. The molecule has 0 saturated carbocycles. The molecule has 3 heteroatoms. The maximum absolute atomic E-state index is 9.93. The van der Waals surface area contributed by atoms with Gasteiger partial charge in [-0.3, -0.25) is 5.73 Å². The molecule has 1 aromatic rings. The molecule has 0 radical (unpaired) electrons. The summed E-state index contributed by atoms with van der Waals surface area (Å²) in [6.07, 6.45) is 0.451. The molecule has 0 aliphatic heterocycles. The van der Waals surface area contributed by atoms with Crippen LogP contribution in [0.3, 0.4) is 0 Å². The van der Waals surface area contributed by atoms with Crippen LogP contribution < -0.4 is 10.5 Å². The first-order valence-electron chi connectivity index (χ1n) is 4.67. The summed E-state index contributed by atoms with van der Waals surface area (Å²) in [6.45, 7) is 3.79. The SMILES string of the molecule is CCC(N)(O)c1cc(C)ccc1OC. The number of benzene rings is 1. The highest BCUT2D eigenvalue weighted by atomic mass is 16.5. The molecular weight excluding hydrogens is 178 g/mol. The van der Waals surface area contributed by atoms with E-state index < -0.39 is 5.72 Å². The van der Waals surface area contributed by atoms with Crippen LogP contribution in [0.5, 0.6) is 5.75 Å². The fraction of sp³-hybridized carbons (Fsp3) is 0.455. The lowest BCUT2D eigenvalue weighted by Crippen LogP contribution is -2.35. The van der Waals surface area contributed by atoms with E-state index in [2.05, 4.69) is 0 Å². The third-order valence-corrected chi connectivity index (χ3v) is 2.36. The number of hydrogen-bond donors (Lipinski definition) is 2. The van der Waals surface area contributed by atoms with Crippen LogP contribution in [0.25, 0.3) is 0 Å². The Kier molecular flexibility index (Phi) is 3.13. The van der Waals surface area contributed by atoms with Gasteiger partial charge in [-0.2, -0.15) is 0 Å². The Hall–Kier alpha value is -1.06. The van der Waals surface area contributed by atoms with Crippen molar-refractivity contribution in [2.45, 2.75) is 26.0 Å². The molecule has 1 atom stereocenters. The predicted molar refractivity (Wildman–Crippen MR) is 56.1 cm³/mol. The van der Waals surface area contributed by atoms with Crippen molar-refractivity contribution in [2.75, 3.05) is 7.11 Å². The van der Waals surface area contributed by atoms with Crippen LogP contribution in [0.1, 0.15) is 24.5 Å². The Morgan fingerprint density at radius 3 is 2.64 bits per heavy atom. The van der Waals surface area contributed by atoms with Gasteiger partial charge in [0.05, 0.1) is 7.11 Å². The molecular formula is C11H17NO2. The summed E-state index contributed by atoms with van der Waals surface area (Å²) in [7, 11) is 1.57. The Balaban J connectivity index is 3.23. The van der Waals surface area contributed by atoms with Gasteiger partial charge in [0.15, 0.2) is 0 Å². The van der Waals surface area contributed by atoms with Crippen LogP contribution in [-0.4, -0.2) is 12.2 Å². The summed E-state index contributed by atoms with van der Waals surface area (Å²) in [5.41, 5.74) is 6.15. The quantitative estimate of drug-likeness (QED) is 0.719. The van der Waals surface area contributed by atoms with E-state index in [9.17, 15) is 5.11 Å². The lowest BCUT2D eigenvalue weighted by molar-refractivity contribution is 0.0369. The number of methoxy groups -OCH3 is 1. The fourth-order valence-corrected chi connectivity index (χ4v) is 1.35. The van der Waals surface area contributed by atoms with Gasteiger partial charge in [0.2, 0.25) is 0 Å². The lowest BCUT2D eigenvalue weighted by atomic mass is 9.98. The second kappa shape index (κ2) is 3.98. The van der Waals surface area contributed by atoms with E-state index in [-0.39, 0.29) is 0 Å². The van der Waals surface area contributed by atoms with Gasteiger partial charge in [0.25, 0.3) is 0 Å².